The van der Waals surface area contributed by atoms with Crippen molar-refractivity contribution in [2.75, 3.05) is 0 Å². The number of pyridine rings is 1. The predicted molar refractivity (Wildman–Crippen MR) is 71.1 cm³/mol. The molecule has 2 rings (SSSR count). The average Bonchev–Trinajstić information content (AvgIpc) is 2.86. The summed E-state index contributed by atoms with van der Waals surface area (Å²) in [5.41, 5.74) is 0.311. The van der Waals surface area contributed by atoms with Gasteiger partial charge in [0.25, 0.3) is 5.91 Å². The molecule has 1 amide bonds. The summed E-state index contributed by atoms with van der Waals surface area (Å²) in [5.74, 6) is -0.314. The van der Waals surface area contributed by atoms with Gasteiger partial charge in [0.05, 0.1) is 6.54 Å². The highest BCUT2D eigenvalue weighted by molar-refractivity contribution is 7.91. The fraction of sp³-hybridized carbons (Fsp3) is 0.0909. The molecular formula is C11H11N3O3S2. The van der Waals surface area contributed by atoms with Crippen LogP contribution in [0.4, 0.5) is 0 Å². The SMILES string of the molecule is NS(=O)(=O)c1ccc(CNC(=O)c2ccccn2)s1. The molecule has 100 valence electrons. The normalized spacial score (nSPS) is 11.2. The first-order chi connectivity index (χ1) is 8.97. The van der Waals surface area contributed by atoms with Crippen molar-refractivity contribution < 1.29 is 13.2 Å². The molecule has 0 spiro atoms. The third-order valence-electron chi connectivity index (χ3n) is 2.24. The Morgan fingerprint density at radius 2 is 2.11 bits per heavy atom. The van der Waals surface area contributed by atoms with Crippen molar-refractivity contribution in [2.24, 2.45) is 5.14 Å². The zero-order valence-electron chi connectivity index (χ0n) is 9.74. The van der Waals surface area contributed by atoms with Gasteiger partial charge in [0.2, 0.25) is 10.0 Å². The van der Waals surface area contributed by atoms with E-state index in [1.165, 1.54) is 12.3 Å². The molecule has 0 aliphatic carbocycles. The van der Waals surface area contributed by atoms with Crippen molar-refractivity contribution in [2.45, 2.75) is 10.8 Å². The Kier molecular flexibility index (Phi) is 3.93. The van der Waals surface area contributed by atoms with Crippen LogP contribution in [0.15, 0.2) is 40.7 Å². The van der Waals surface area contributed by atoms with Gasteiger partial charge in [0, 0.05) is 11.1 Å². The van der Waals surface area contributed by atoms with Crippen LogP contribution in [-0.4, -0.2) is 19.3 Å². The molecule has 2 aromatic heterocycles. The van der Waals surface area contributed by atoms with Crippen LogP contribution in [0, 0.1) is 0 Å². The van der Waals surface area contributed by atoms with Crippen molar-refractivity contribution in [3.8, 4) is 0 Å². The predicted octanol–water partition coefficient (Wildman–Crippen LogP) is 0.720. The number of nitrogens with two attached hydrogens (primary N) is 1. The minimum atomic E-state index is -3.68. The van der Waals surface area contributed by atoms with E-state index in [0.29, 0.717) is 10.6 Å². The van der Waals surface area contributed by atoms with E-state index in [1.807, 2.05) is 0 Å². The highest BCUT2D eigenvalue weighted by Gasteiger charge is 2.12. The zero-order chi connectivity index (χ0) is 13.9. The largest absolute Gasteiger partial charge is 0.346 e. The highest BCUT2D eigenvalue weighted by Crippen LogP contribution is 2.19. The minimum Gasteiger partial charge on any atom is -0.346 e. The molecule has 0 fully saturated rings. The summed E-state index contributed by atoms with van der Waals surface area (Å²) in [6, 6.07) is 8.06. The lowest BCUT2D eigenvalue weighted by Crippen LogP contribution is -2.23. The number of primary sulfonamides is 1. The van der Waals surface area contributed by atoms with E-state index < -0.39 is 10.0 Å². The fourth-order valence-electron chi connectivity index (χ4n) is 1.36. The molecule has 0 bridgehead atoms. The molecule has 0 aliphatic rings. The second kappa shape index (κ2) is 5.47. The number of sulfonamides is 1. The molecule has 2 aromatic rings. The van der Waals surface area contributed by atoms with E-state index in [4.69, 9.17) is 5.14 Å². The maximum atomic E-state index is 11.7. The summed E-state index contributed by atoms with van der Waals surface area (Å²) < 4.78 is 22.3. The lowest BCUT2D eigenvalue weighted by Gasteiger charge is -2.02. The first kappa shape index (κ1) is 13.7. The van der Waals surface area contributed by atoms with Crippen LogP contribution in [0.2, 0.25) is 0 Å². The van der Waals surface area contributed by atoms with Crippen LogP contribution >= 0.6 is 11.3 Å². The van der Waals surface area contributed by atoms with E-state index in [9.17, 15) is 13.2 Å². The van der Waals surface area contributed by atoms with Gasteiger partial charge in [-0.3, -0.25) is 9.78 Å². The summed E-state index contributed by atoms with van der Waals surface area (Å²) in [5, 5.41) is 7.66. The Balaban J connectivity index is 2.00. The maximum absolute atomic E-state index is 11.7. The molecule has 2 heterocycles. The molecule has 3 N–H and O–H groups in total. The summed E-state index contributed by atoms with van der Waals surface area (Å²) in [7, 11) is -3.68. The van der Waals surface area contributed by atoms with Crippen LogP contribution in [-0.2, 0) is 16.6 Å². The number of carbonyl (C=O) groups excluding carboxylic acids is 1. The van der Waals surface area contributed by atoms with Crippen LogP contribution in [0.3, 0.4) is 0 Å². The summed E-state index contributed by atoms with van der Waals surface area (Å²) in [6.45, 7) is 0.232. The van der Waals surface area contributed by atoms with Gasteiger partial charge in [0.1, 0.15) is 9.90 Å². The Labute approximate surface area is 114 Å². The number of rotatable bonds is 4. The molecule has 0 unspecified atom stereocenters. The Morgan fingerprint density at radius 3 is 2.68 bits per heavy atom. The van der Waals surface area contributed by atoms with Crippen molar-refractivity contribution in [1.29, 1.82) is 0 Å². The molecule has 0 aromatic carbocycles. The van der Waals surface area contributed by atoms with Gasteiger partial charge >= 0.3 is 0 Å². The van der Waals surface area contributed by atoms with E-state index in [-0.39, 0.29) is 16.7 Å². The number of thiophene rings is 1. The standard InChI is InChI=1S/C11H11N3O3S2/c12-19(16,17)10-5-4-8(18-10)7-14-11(15)9-3-1-2-6-13-9/h1-6H,7H2,(H,14,15)(H2,12,16,17). The topological polar surface area (TPSA) is 102 Å². The Hall–Kier alpha value is -1.77. The smallest absolute Gasteiger partial charge is 0.270 e. The Morgan fingerprint density at radius 1 is 1.32 bits per heavy atom. The molecular weight excluding hydrogens is 286 g/mol. The van der Waals surface area contributed by atoms with Crippen molar-refractivity contribution >= 4 is 27.3 Å². The number of amides is 1. The quantitative estimate of drug-likeness (QED) is 0.868. The Bertz CT molecular complexity index is 680. The molecule has 19 heavy (non-hydrogen) atoms. The highest BCUT2D eigenvalue weighted by atomic mass is 32.2. The first-order valence-corrected chi connectivity index (χ1v) is 7.64. The van der Waals surface area contributed by atoms with Crippen molar-refractivity contribution in [3.63, 3.8) is 0 Å². The second-order valence-corrected chi connectivity index (χ2v) is 6.62. The van der Waals surface area contributed by atoms with Crippen molar-refractivity contribution in [3.05, 3.63) is 47.1 Å². The average molecular weight is 297 g/mol. The second-order valence-electron chi connectivity index (χ2n) is 3.66. The monoisotopic (exact) mass is 297 g/mol. The summed E-state index contributed by atoms with van der Waals surface area (Å²) >= 11 is 1.03. The first-order valence-electron chi connectivity index (χ1n) is 5.27. The molecule has 0 saturated heterocycles. The van der Waals surface area contributed by atoms with Gasteiger partial charge in [-0.1, -0.05) is 6.07 Å². The third kappa shape index (κ3) is 3.60. The minimum absolute atomic E-state index is 0.0783. The third-order valence-corrected chi connectivity index (χ3v) is 4.76. The van der Waals surface area contributed by atoms with Crippen molar-refractivity contribution in [1.82, 2.24) is 10.3 Å². The van der Waals surface area contributed by atoms with Gasteiger partial charge in [0.15, 0.2) is 0 Å². The number of nitrogens with zero attached hydrogens (tertiary/aromatic N) is 1. The van der Waals surface area contributed by atoms with Gasteiger partial charge < -0.3 is 5.32 Å². The van der Waals surface area contributed by atoms with Gasteiger partial charge in [-0.05, 0) is 24.3 Å². The molecule has 0 aliphatic heterocycles. The van der Waals surface area contributed by atoms with Gasteiger partial charge in [-0.15, -0.1) is 11.3 Å². The molecule has 0 saturated carbocycles. The zero-order valence-corrected chi connectivity index (χ0v) is 11.4. The molecule has 0 atom stereocenters. The number of hydrogen-bond donors (Lipinski definition) is 2. The lowest BCUT2D eigenvalue weighted by atomic mass is 10.3. The number of aromatic nitrogens is 1. The number of nitrogens with one attached hydrogen (secondary N) is 1. The van der Waals surface area contributed by atoms with E-state index in [1.54, 1.807) is 24.3 Å². The van der Waals surface area contributed by atoms with Crippen LogP contribution in [0.1, 0.15) is 15.4 Å². The fourth-order valence-corrected chi connectivity index (χ4v) is 3.08. The lowest BCUT2D eigenvalue weighted by molar-refractivity contribution is 0.0946. The van der Waals surface area contributed by atoms with Crippen LogP contribution in [0.5, 0.6) is 0 Å². The number of hydrogen-bond acceptors (Lipinski definition) is 5. The van der Waals surface area contributed by atoms with Gasteiger partial charge in [-0.2, -0.15) is 0 Å². The van der Waals surface area contributed by atoms with E-state index >= 15 is 0 Å². The summed E-state index contributed by atoms with van der Waals surface area (Å²) in [4.78, 5) is 16.3. The van der Waals surface area contributed by atoms with E-state index in [2.05, 4.69) is 10.3 Å². The number of carbonyl (C=O) groups is 1. The summed E-state index contributed by atoms with van der Waals surface area (Å²) in [6.07, 6.45) is 1.53. The van der Waals surface area contributed by atoms with Gasteiger partial charge in [-0.25, -0.2) is 13.6 Å². The van der Waals surface area contributed by atoms with E-state index in [0.717, 1.165) is 11.3 Å². The maximum Gasteiger partial charge on any atom is 0.270 e. The molecule has 8 heteroatoms. The van der Waals surface area contributed by atoms with Crippen LogP contribution < -0.4 is 10.5 Å². The van der Waals surface area contributed by atoms with Crippen LogP contribution in [0.25, 0.3) is 0 Å². The molecule has 0 radical (unpaired) electrons. The molecule has 6 nitrogen and oxygen atoms in total.